The van der Waals surface area contributed by atoms with Crippen LogP contribution in [0.5, 0.6) is 0 Å². The van der Waals surface area contributed by atoms with Crippen LogP contribution >= 0.6 is 34.4 Å². The number of nitrogens with one attached hydrogen (secondary N) is 4. The fraction of sp³-hybridized carbons (Fsp3) is 0.218. The predicted molar refractivity (Wildman–Crippen MR) is 331 cm³/mol. The van der Waals surface area contributed by atoms with Crippen molar-refractivity contribution in [2.45, 2.75) is 51.7 Å². The Morgan fingerprint density at radius 3 is 1.58 bits per heavy atom. The number of aliphatic hydroxyl groups excluding tert-OH is 1. The van der Waals surface area contributed by atoms with Gasteiger partial charge in [-0.3, -0.25) is 33.3 Å². The molecule has 31 heteroatoms. The zero-order valence-corrected chi connectivity index (χ0v) is 50.2. The number of thiazole rings is 2. The zero-order valence-electron chi connectivity index (χ0n) is 46.9. The zero-order chi connectivity index (χ0) is 62.2. The Morgan fingerprint density at radius 1 is 0.640 bits per heavy atom. The summed E-state index contributed by atoms with van der Waals surface area (Å²) in [6, 6.07) is 22.2. The molecule has 0 radical (unpaired) electrons. The van der Waals surface area contributed by atoms with E-state index in [0.717, 1.165) is 47.5 Å². The quantitative estimate of drug-likeness (QED) is 0.00565. The highest BCUT2D eigenvalue weighted by atomic mass is 32.2. The van der Waals surface area contributed by atoms with Crippen molar-refractivity contribution in [1.29, 1.82) is 0 Å². The van der Waals surface area contributed by atoms with Gasteiger partial charge in [0.05, 0.1) is 38.9 Å². The van der Waals surface area contributed by atoms with Crippen molar-refractivity contribution in [3.8, 4) is 0 Å². The molecule has 7 aromatic rings. The summed E-state index contributed by atoms with van der Waals surface area (Å²) >= 11 is 2.80. The summed E-state index contributed by atoms with van der Waals surface area (Å²) in [5, 5.41) is 38.2. The first-order valence-electron chi connectivity index (χ1n) is 26.1. The minimum Gasteiger partial charge on any atom is -0.396 e. The molecule has 3 aromatic heterocycles. The van der Waals surface area contributed by atoms with Crippen molar-refractivity contribution in [2.75, 3.05) is 69.6 Å². The third-order valence-electron chi connectivity index (χ3n) is 12.1. The van der Waals surface area contributed by atoms with Gasteiger partial charge >= 0.3 is 10.1 Å². The molecule has 0 aliphatic carbocycles. The minimum absolute atomic E-state index is 0.00652. The molecule has 3 heterocycles. The fourth-order valence-corrected chi connectivity index (χ4v) is 10.9. The highest BCUT2D eigenvalue weighted by molar-refractivity contribution is 7.99. The number of benzene rings is 4. The fourth-order valence-electron chi connectivity index (χ4n) is 7.94. The van der Waals surface area contributed by atoms with Gasteiger partial charge in [-0.1, -0.05) is 46.6 Å². The number of thioether (sulfide) groups is 1. The largest absolute Gasteiger partial charge is 0.396 e. The van der Waals surface area contributed by atoms with Gasteiger partial charge < -0.3 is 47.6 Å². The van der Waals surface area contributed by atoms with Crippen molar-refractivity contribution in [3.05, 3.63) is 123 Å². The van der Waals surface area contributed by atoms with Crippen molar-refractivity contribution in [2.24, 2.45) is 31.9 Å². The first kappa shape index (κ1) is 64.0. The standard InChI is InChI=1S/C55H57N17O10S4/c1-7-71(8-2)36-17-19-41(67-69-53-58-29-38(84-53)27-39(30(5)74)48(78)59-34-15-11-13-32(23-34)46(56)76)43(25-36)61-51-64-52(66-54(65-51)83-22-21-73)62-44-26-37(72(9-3)10-4)18-20-42(44)68-70-55-63-50(86(80,81)82)45(85-55)28-40(31(6)75)49(79)60-35-16-12-14-33(24-35)47(57)77/h11-20,23-29,73H,7-10,21-22H2,1-6H3,(H2,56,76)(H2,57,77)(H,59,78)(H,60,79)(H,80,81,82)(H2,61,62,64,65,66). The van der Waals surface area contributed by atoms with Crippen molar-refractivity contribution >= 4 is 160 Å². The van der Waals surface area contributed by atoms with Crippen LogP contribution in [-0.2, 0) is 29.3 Å². The van der Waals surface area contributed by atoms with Gasteiger partial charge in [0.1, 0.15) is 11.4 Å². The first-order chi connectivity index (χ1) is 41.1. The maximum absolute atomic E-state index is 13.4. The number of Topliss-reactive ketones (excluding diaryl/α,β-unsaturated/α-hetero) is 2. The summed E-state index contributed by atoms with van der Waals surface area (Å²) < 4.78 is 35.6. The third-order valence-corrected chi connectivity index (χ3v) is 15.6. The average Bonchev–Trinajstić information content (AvgIpc) is 2.67. The number of nitrogens with zero attached hydrogens (tertiary/aromatic N) is 11. The highest BCUT2D eigenvalue weighted by Gasteiger charge is 2.25. The highest BCUT2D eigenvalue weighted by Crippen LogP contribution is 2.38. The number of anilines is 8. The van der Waals surface area contributed by atoms with Gasteiger partial charge in [-0.25, -0.2) is 9.97 Å². The number of rotatable bonds is 28. The summed E-state index contributed by atoms with van der Waals surface area (Å²) in [4.78, 5) is 102. The van der Waals surface area contributed by atoms with E-state index in [1.54, 1.807) is 36.4 Å². The van der Waals surface area contributed by atoms with E-state index in [-0.39, 0.29) is 78.3 Å². The number of aromatic nitrogens is 5. The lowest BCUT2D eigenvalue weighted by molar-refractivity contribution is -0.120. The Kier molecular flexibility index (Phi) is 21.8. The van der Waals surface area contributed by atoms with E-state index < -0.39 is 55.9 Å². The molecule has 0 aliphatic heterocycles. The topological polar surface area (TPSA) is 398 Å². The van der Waals surface area contributed by atoms with Crippen LogP contribution < -0.4 is 42.5 Å². The van der Waals surface area contributed by atoms with Gasteiger partial charge in [0, 0.05) is 72.0 Å². The summed E-state index contributed by atoms with van der Waals surface area (Å²) in [6.07, 6.45) is 3.75. The number of azo groups is 2. The van der Waals surface area contributed by atoms with Crippen LogP contribution in [0.15, 0.2) is 133 Å². The molecule has 0 atom stereocenters. The molecule has 0 spiro atoms. The average molecular weight is 1240 g/mol. The molecule has 4 amide bonds. The molecule has 7 rings (SSSR count). The molecule has 10 N–H and O–H groups in total. The molecule has 0 saturated carbocycles. The molecule has 0 fully saturated rings. The number of primary amides is 2. The van der Waals surface area contributed by atoms with Crippen LogP contribution in [0.25, 0.3) is 12.2 Å². The smallest absolute Gasteiger partial charge is 0.313 e. The summed E-state index contributed by atoms with van der Waals surface area (Å²) in [5.74, 6) is -4.18. The second kappa shape index (κ2) is 29.3. The number of nitrogens with two attached hydrogens (primary N) is 2. The molecule has 86 heavy (non-hydrogen) atoms. The summed E-state index contributed by atoms with van der Waals surface area (Å²) in [5.41, 5.74) is 13.5. The molecule has 0 bridgehead atoms. The molecule has 0 aliphatic rings. The first-order valence-corrected chi connectivity index (χ1v) is 30.1. The molecule has 4 aromatic carbocycles. The summed E-state index contributed by atoms with van der Waals surface area (Å²) in [7, 11) is -5.07. The maximum atomic E-state index is 13.4. The van der Waals surface area contributed by atoms with Gasteiger partial charge in [0.2, 0.25) is 39.0 Å². The molecule has 0 unspecified atom stereocenters. The number of carbonyl (C=O) groups is 6. The lowest BCUT2D eigenvalue weighted by Crippen LogP contribution is -2.21. The van der Waals surface area contributed by atoms with E-state index >= 15 is 0 Å². The van der Waals surface area contributed by atoms with Crippen molar-refractivity contribution in [1.82, 2.24) is 24.9 Å². The second-order valence-electron chi connectivity index (χ2n) is 17.9. The van der Waals surface area contributed by atoms with Crippen LogP contribution in [0, 0.1) is 0 Å². The normalized spacial score (nSPS) is 11.9. The maximum Gasteiger partial charge on any atom is 0.313 e. The number of amides is 4. The van der Waals surface area contributed by atoms with E-state index in [1.165, 1.54) is 55.6 Å². The van der Waals surface area contributed by atoms with Crippen molar-refractivity contribution in [3.63, 3.8) is 0 Å². The van der Waals surface area contributed by atoms with Crippen LogP contribution in [0.4, 0.5) is 67.7 Å². The van der Waals surface area contributed by atoms with E-state index in [2.05, 4.69) is 71.5 Å². The van der Waals surface area contributed by atoms with Gasteiger partial charge in [0.25, 0.3) is 11.8 Å². The number of hydrogen-bond donors (Lipinski definition) is 8. The lowest BCUT2D eigenvalue weighted by atomic mass is 10.1. The second-order valence-corrected chi connectivity index (χ2v) is 22.4. The third kappa shape index (κ3) is 17.1. The van der Waals surface area contributed by atoms with Crippen LogP contribution in [0.3, 0.4) is 0 Å². The lowest BCUT2D eigenvalue weighted by Gasteiger charge is -2.22. The van der Waals surface area contributed by atoms with Gasteiger partial charge in [0.15, 0.2) is 16.7 Å². The van der Waals surface area contributed by atoms with Gasteiger partial charge in [-0.2, -0.15) is 23.4 Å². The Morgan fingerprint density at radius 2 is 1.13 bits per heavy atom. The van der Waals surface area contributed by atoms with Crippen LogP contribution in [0.1, 0.15) is 72.0 Å². The van der Waals surface area contributed by atoms with Crippen LogP contribution in [0.2, 0.25) is 0 Å². The Bertz CT molecular complexity index is 3970. The molecule has 446 valence electrons. The monoisotopic (exact) mass is 1240 g/mol. The number of aliphatic hydroxyl groups is 1. The Balaban J connectivity index is 1.22. The number of carbonyl (C=O) groups excluding carboxylic acids is 6. The van der Waals surface area contributed by atoms with Gasteiger partial charge in [-0.15, -0.1) is 20.5 Å². The molecule has 0 saturated heterocycles. The summed E-state index contributed by atoms with van der Waals surface area (Å²) in [6.45, 7) is 12.7. The van der Waals surface area contributed by atoms with E-state index in [1.807, 2.05) is 39.8 Å². The van der Waals surface area contributed by atoms with Gasteiger partial charge in [-0.05, 0) is 126 Å². The molecular formula is C55H57N17O10S4. The Hall–Kier alpha value is -9.53. The number of hydrogen-bond acceptors (Lipinski definition) is 25. The molecular weight excluding hydrogens is 1190 g/mol. The SMILES string of the molecule is CCN(CC)c1ccc(N=Nc2ncc(C=C(C(C)=O)C(=O)Nc3cccc(C(N)=O)c3)s2)c(Nc2nc(Nc3cc(N(CC)CC)ccc3N=Nc3nc(S(=O)(=O)O)c(C=C(C(C)=O)C(=O)Nc4cccc(C(N)=O)c4)s3)nc(SCCO)n2)c1. The molecule has 27 nitrogen and oxygen atoms in total. The minimum atomic E-state index is -5.07. The van der Waals surface area contributed by atoms with Crippen LogP contribution in [-0.4, -0.2) is 117 Å². The van der Waals surface area contributed by atoms with Crippen molar-refractivity contribution < 1.29 is 46.8 Å². The predicted octanol–water partition coefficient (Wildman–Crippen LogP) is 9.55. The van der Waals surface area contributed by atoms with E-state index in [4.69, 9.17) is 16.5 Å². The number of ketones is 2. The van der Waals surface area contributed by atoms with E-state index in [0.29, 0.717) is 59.5 Å². The van der Waals surface area contributed by atoms with E-state index in [9.17, 15) is 46.8 Å². The Labute approximate surface area is 505 Å².